The van der Waals surface area contributed by atoms with Crippen LogP contribution >= 0.6 is 12.2 Å². The molecule has 2 aromatic rings. The number of rotatable bonds is 8. The maximum absolute atomic E-state index is 5.26. The smallest absolute Gasteiger partial charge is 0.166 e. The lowest BCUT2D eigenvalue weighted by molar-refractivity contribution is 0.414. The Hall–Kier alpha value is -2.08. The number of benzene rings is 1. The molecular formula is C16H22N4OS. The van der Waals surface area contributed by atoms with Gasteiger partial charge in [-0.05, 0) is 42.8 Å². The Morgan fingerprint density at radius 3 is 2.68 bits per heavy atom. The fraction of sp³-hybridized carbons (Fsp3) is 0.375. The minimum Gasteiger partial charge on any atom is -0.497 e. The standard InChI is InChI=1S/C16H22N4OS/c1-21-15-5-3-14(4-6-15)7-9-19-16(22)18-8-2-11-20-12-10-17-13-20/h3-6,10,12-13H,2,7-9,11H2,1H3,(H2,18,19,22). The highest BCUT2D eigenvalue weighted by molar-refractivity contribution is 7.80. The van der Waals surface area contributed by atoms with Crippen molar-refractivity contribution in [1.82, 2.24) is 20.2 Å². The zero-order valence-corrected chi connectivity index (χ0v) is 13.6. The molecule has 0 saturated heterocycles. The van der Waals surface area contributed by atoms with Gasteiger partial charge in [0.15, 0.2) is 5.11 Å². The van der Waals surface area contributed by atoms with Crippen molar-refractivity contribution in [3.8, 4) is 5.75 Å². The van der Waals surface area contributed by atoms with Gasteiger partial charge in [0, 0.05) is 32.0 Å². The highest BCUT2D eigenvalue weighted by Crippen LogP contribution is 2.11. The molecule has 0 spiro atoms. The zero-order chi connectivity index (χ0) is 15.6. The van der Waals surface area contributed by atoms with Crippen LogP contribution in [0.2, 0.25) is 0 Å². The summed E-state index contributed by atoms with van der Waals surface area (Å²) in [6.07, 6.45) is 7.52. The van der Waals surface area contributed by atoms with E-state index in [0.717, 1.165) is 38.2 Å². The van der Waals surface area contributed by atoms with Crippen LogP contribution < -0.4 is 15.4 Å². The second-order valence-corrected chi connectivity index (χ2v) is 5.34. The predicted octanol–water partition coefficient (Wildman–Crippen LogP) is 1.99. The molecule has 2 N–H and O–H groups in total. The van der Waals surface area contributed by atoms with E-state index in [1.807, 2.05) is 24.7 Å². The summed E-state index contributed by atoms with van der Waals surface area (Å²) in [5, 5.41) is 7.15. The third kappa shape index (κ3) is 5.73. The minimum absolute atomic E-state index is 0.708. The van der Waals surface area contributed by atoms with Crippen LogP contribution in [0.4, 0.5) is 0 Å². The Morgan fingerprint density at radius 1 is 1.23 bits per heavy atom. The van der Waals surface area contributed by atoms with Crippen molar-refractivity contribution in [2.75, 3.05) is 20.2 Å². The van der Waals surface area contributed by atoms with Gasteiger partial charge >= 0.3 is 0 Å². The van der Waals surface area contributed by atoms with Gasteiger partial charge in [0.1, 0.15) is 5.75 Å². The average molecular weight is 318 g/mol. The van der Waals surface area contributed by atoms with Crippen LogP contribution in [0.3, 0.4) is 0 Å². The van der Waals surface area contributed by atoms with Gasteiger partial charge in [0.25, 0.3) is 0 Å². The maximum atomic E-state index is 5.26. The monoisotopic (exact) mass is 318 g/mol. The van der Waals surface area contributed by atoms with Crippen LogP contribution in [0.25, 0.3) is 0 Å². The Bertz CT molecular complexity index is 554. The summed E-state index contributed by atoms with van der Waals surface area (Å²) in [5.41, 5.74) is 1.26. The van der Waals surface area contributed by atoms with Crippen LogP contribution in [-0.4, -0.2) is 34.9 Å². The number of ether oxygens (including phenoxy) is 1. The van der Waals surface area contributed by atoms with E-state index in [2.05, 4.69) is 32.3 Å². The molecule has 0 atom stereocenters. The topological polar surface area (TPSA) is 51.1 Å². The van der Waals surface area contributed by atoms with Crippen molar-refractivity contribution < 1.29 is 4.74 Å². The summed E-state index contributed by atoms with van der Waals surface area (Å²) >= 11 is 5.26. The van der Waals surface area contributed by atoms with Gasteiger partial charge in [-0.15, -0.1) is 0 Å². The second-order valence-electron chi connectivity index (χ2n) is 4.93. The lowest BCUT2D eigenvalue weighted by Gasteiger charge is -2.11. The number of nitrogens with one attached hydrogen (secondary N) is 2. The molecule has 118 valence electrons. The molecule has 1 aromatic carbocycles. The lowest BCUT2D eigenvalue weighted by atomic mass is 10.1. The highest BCUT2D eigenvalue weighted by Gasteiger charge is 1.97. The zero-order valence-electron chi connectivity index (χ0n) is 12.8. The van der Waals surface area contributed by atoms with Gasteiger partial charge in [-0.1, -0.05) is 12.1 Å². The molecule has 2 rings (SSSR count). The Morgan fingerprint density at radius 2 is 2.00 bits per heavy atom. The van der Waals surface area contributed by atoms with E-state index < -0.39 is 0 Å². The first-order valence-corrected chi connectivity index (χ1v) is 7.79. The first-order valence-electron chi connectivity index (χ1n) is 7.38. The average Bonchev–Trinajstić information content (AvgIpc) is 3.06. The SMILES string of the molecule is COc1ccc(CCNC(=S)NCCCn2ccnc2)cc1. The predicted molar refractivity (Wildman–Crippen MR) is 92.1 cm³/mol. The van der Waals surface area contributed by atoms with Gasteiger partial charge in [0.2, 0.25) is 0 Å². The molecule has 1 heterocycles. The number of methoxy groups -OCH3 is 1. The van der Waals surface area contributed by atoms with Crippen LogP contribution in [0.1, 0.15) is 12.0 Å². The summed E-state index contributed by atoms with van der Waals surface area (Å²) in [7, 11) is 1.67. The van der Waals surface area contributed by atoms with E-state index >= 15 is 0 Å². The summed E-state index contributed by atoms with van der Waals surface area (Å²) < 4.78 is 7.20. The van der Waals surface area contributed by atoms with Crippen LogP contribution in [-0.2, 0) is 13.0 Å². The van der Waals surface area contributed by atoms with Gasteiger partial charge in [-0.2, -0.15) is 0 Å². The third-order valence-corrected chi connectivity index (χ3v) is 3.58. The van der Waals surface area contributed by atoms with E-state index in [4.69, 9.17) is 17.0 Å². The summed E-state index contributed by atoms with van der Waals surface area (Å²) in [5.74, 6) is 0.881. The lowest BCUT2D eigenvalue weighted by Crippen LogP contribution is -2.37. The molecule has 5 nitrogen and oxygen atoms in total. The van der Waals surface area contributed by atoms with E-state index in [1.165, 1.54) is 5.56 Å². The molecule has 1 aromatic heterocycles. The Labute approximate surface area is 136 Å². The molecule has 0 radical (unpaired) electrons. The van der Waals surface area contributed by atoms with Gasteiger partial charge in [-0.25, -0.2) is 4.98 Å². The molecule has 0 aliphatic heterocycles. The van der Waals surface area contributed by atoms with Gasteiger partial charge in [-0.3, -0.25) is 0 Å². The second kappa shape index (κ2) is 9.04. The van der Waals surface area contributed by atoms with Crippen molar-refractivity contribution >= 4 is 17.3 Å². The Kier molecular flexibility index (Phi) is 6.70. The summed E-state index contributed by atoms with van der Waals surface area (Å²) in [6.45, 7) is 2.62. The molecule has 0 aliphatic rings. The molecule has 0 fully saturated rings. The van der Waals surface area contributed by atoms with Crippen molar-refractivity contribution in [3.05, 3.63) is 48.5 Å². The van der Waals surface area contributed by atoms with Gasteiger partial charge in [0.05, 0.1) is 13.4 Å². The van der Waals surface area contributed by atoms with E-state index in [1.54, 1.807) is 13.3 Å². The minimum atomic E-state index is 0.708. The quantitative estimate of drug-likeness (QED) is 0.576. The van der Waals surface area contributed by atoms with Gasteiger partial charge < -0.3 is 19.9 Å². The fourth-order valence-corrected chi connectivity index (χ4v) is 2.26. The summed E-state index contributed by atoms with van der Waals surface area (Å²) in [4.78, 5) is 4.01. The number of thiocarbonyl (C=S) groups is 1. The van der Waals surface area contributed by atoms with E-state index in [-0.39, 0.29) is 0 Å². The third-order valence-electron chi connectivity index (χ3n) is 3.30. The highest BCUT2D eigenvalue weighted by atomic mass is 32.1. The Balaban J connectivity index is 1.55. The van der Waals surface area contributed by atoms with Crippen molar-refractivity contribution in [3.63, 3.8) is 0 Å². The van der Waals surface area contributed by atoms with Crippen molar-refractivity contribution in [1.29, 1.82) is 0 Å². The number of aromatic nitrogens is 2. The molecule has 0 bridgehead atoms. The van der Waals surface area contributed by atoms with Crippen LogP contribution in [0.15, 0.2) is 43.0 Å². The number of hydrogen-bond donors (Lipinski definition) is 2. The molecule has 22 heavy (non-hydrogen) atoms. The molecule has 0 amide bonds. The van der Waals surface area contributed by atoms with E-state index in [9.17, 15) is 0 Å². The molecule has 6 heteroatoms. The van der Waals surface area contributed by atoms with Crippen LogP contribution in [0.5, 0.6) is 5.75 Å². The number of aryl methyl sites for hydroxylation is 1. The molecule has 0 aliphatic carbocycles. The fourth-order valence-electron chi connectivity index (χ4n) is 2.06. The normalized spacial score (nSPS) is 10.2. The number of hydrogen-bond acceptors (Lipinski definition) is 3. The molecule has 0 saturated carbocycles. The first-order chi connectivity index (χ1) is 10.8. The molecule has 0 unspecified atom stereocenters. The van der Waals surface area contributed by atoms with Crippen molar-refractivity contribution in [2.24, 2.45) is 0 Å². The summed E-state index contributed by atoms with van der Waals surface area (Å²) in [6, 6.07) is 8.09. The van der Waals surface area contributed by atoms with Crippen molar-refractivity contribution in [2.45, 2.75) is 19.4 Å². The molecular weight excluding hydrogens is 296 g/mol. The number of nitrogens with zero attached hydrogens (tertiary/aromatic N) is 2. The maximum Gasteiger partial charge on any atom is 0.166 e. The van der Waals surface area contributed by atoms with E-state index in [0.29, 0.717) is 5.11 Å². The first kappa shape index (κ1) is 16.3. The largest absolute Gasteiger partial charge is 0.497 e. The van der Waals surface area contributed by atoms with Crippen LogP contribution in [0, 0.1) is 0 Å². The number of imidazole rings is 1.